The molecule has 0 aliphatic heterocycles. The Morgan fingerprint density at radius 3 is 2.34 bits per heavy atom. The number of fused-ring (bicyclic) bond motifs is 3. The van der Waals surface area contributed by atoms with E-state index < -0.39 is 87.3 Å². The Morgan fingerprint density at radius 1 is 1.16 bits per heavy atom. The van der Waals surface area contributed by atoms with Gasteiger partial charge in [0, 0.05) is 11.5 Å². The maximum absolute atomic E-state index is 13.9. The first-order valence-corrected chi connectivity index (χ1v) is 11.8. The average Bonchev–Trinajstić information content (AvgIpc) is 2.82. The quantitative estimate of drug-likeness (QED) is 0.164. The van der Waals surface area contributed by atoms with Crippen LogP contribution in [0.2, 0.25) is 0 Å². The summed E-state index contributed by atoms with van der Waals surface area (Å²) in [6.07, 6.45) is -1.68. The number of primary amides is 1. The van der Waals surface area contributed by atoms with E-state index in [2.05, 4.69) is 10.6 Å². The molecule has 6 atom stereocenters. The van der Waals surface area contributed by atoms with Gasteiger partial charge in [0.1, 0.15) is 22.8 Å². The number of aliphatic hydroxyl groups is 4. The topological polar surface area (TPSA) is 223 Å². The van der Waals surface area contributed by atoms with Crippen LogP contribution >= 0.6 is 0 Å². The summed E-state index contributed by atoms with van der Waals surface area (Å²) in [6, 6.07) is 1.50. The fourth-order valence-corrected chi connectivity index (χ4v) is 6.07. The zero-order valence-electron chi connectivity index (χ0n) is 21.1. The molecule has 3 aliphatic carbocycles. The molecule has 1 saturated carbocycles. The molecular formula is C25H30N4O9. The first kappa shape index (κ1) is 27.3. The Balaban J connectivity index is 1.98. The van der Waals surface area contributed by atoms with Gasteiger partial charge < -0.3 is 41.9 Å². The predicted octanol–water partition coefficient (Wildman–Crippen LogP) is -1.35. The molecule has 204 valence electrons. The van der Waals surface area contributed by atoms with Crippen molar-refractivity contribution in [1.29, 1.82) is 0 Å². The lowest BCUT2D eigenvalue weighted by Crippen LogP contribution is -2.70. The van der Waals surface area contributed by atoms with E-state index in [4.69, 9.17) is 5.73 Å². The van der Waals surface area contributed by atoms with E-state index in [1.165, 1.54) is 31.1 Å². The number of hydrogen-bond donors (Lipinski definition) is 8. The van der Waals surface area contributed by atoms with Gasteiger partial charge in [0.25, 0.3) is 5.91 Å². The van der Waals surface area contributed by atoms with Crippen molar-refractivity contribution >= 4 is 34.8 Å². The number of Topliss-reactive ketones (excluding diaryl/α,β-unsaturated/α-hetero) is 2. The van der Waals surface area contributed by atoms with Crippen LogP contribution in [-0.4, -0.2) is 99.2 Å². The number of benzene rings is 1. The van der Waals surface area contributed by atoms with Crippen LogP contribution in [0.3, 0.4) is 0 Å². The summed E-state index contributed by atoms with van der Waals surface area (Å²) in [5.41, 5.74) is 0.889. The molecule has 4 rings (SSSR count). The first-order valence-electron chi connectivity index (χ1n) is 11.8. The Labute approximate surface area is 217 Å². The van der Waals surface area contributed by atoms with E-state index >= 15 is 0 Å². The lowest BCUT2D eigenvalue weighted by atomic mass is 9.54. The van der Waals surface area contributed by atoms with Gasteiger partial charge >= 0.3 is 0 Å². The molecule has 0 aromatic heterocycles. The van der Waals surface area contributed by atoms with Crippen LogP contribution in [0.1, 0.15) is 24.0 Å². The number of amides is 2. The lowest BCUT2D eigenvalue weighted by molar-refractivity contribution is -0.169. The number of anilines is 1. The number of rotatable bonds is 5. The molecule has 1 aromatic rings. The molecule has 3 aliphatic rings. The number of nitrogens with one attached hydrogen (secondary N) is 2. The van der Waals surface area contributed by atoms with Crippen molar-refractivity contribution in [3.05, 3.63) is 40.2 Å². The van der Waals surface area contributed by atoms with Crippen molar-refractivity contribution in [3.8, 4) is 5.75 Å². The smallest absolute Gasteiger partial charge is 0.255 e. The normalized spacial score (nSPS) is 30.7. The summed E-state index contributed by atoms with van der Waals surface area (Å²) in [5, 5.41) is 61.5. The van der Waals surface area contributed by atoms with E-state index in [1.807, 2.05) is 0 Å². The molecule has 38 heavy (non-hydrogen) atoms. The minimum atomic E-state index is -2.99. The summed E-state index contributed by atoms with van der Waals surface area (Å²) >= 11 is 0. The minimum Gasteiger partial charge on any atom is -0.508 e. The maximum atomic E-state index is 13.9. The molecule has 0 radical (unpaired) electrons. The number of nitrogens with zero attached hydrogens (tertiary/aromatic N) is 1. The molecule has 0 saturated heterocycles. The minimum absolute atomic E-state index is 0.0584. The summed E-state index contributed by atoms with van der Waals surface area (Å²) in [7, 11) is 4.42. The second-order valence-electron chi connectivity index (χ2n) is 10.1. The molecule has 13 heteroatoms. The van der Waals surface area contributed by atoms with Crippen molar-refractivity contribution in [2.24, 2.45) is 17.6 Å². The average molecular weight is 531 g/mol. The monoisotopic (exact) mass is 530 g/mol. The highest BCUT2D eigenvalue weighted by atomic mass is 16.4. The van der Waals surface area contributed by atoms with E-state index in [9.17, 15) is 44.7 Å². The number of carbonyl (C=O) groups is 4. The van der Waals surface area contributed by atoms with Crippen molar-refractivity contribution in [3.63, 3.8) is 0 Å². The zero-order valence-corrected chi connectivity index (χ0v) is 21.1. The summed E-state index contributed by atoms with van der Waals surface area (Å²) in [5.74, 6) is -10.3. The second kappa shape index (κ2) is 9.20. The molecule has 0 heterocycles. The molecule has 13 nitrogen and oxygen atoms in total. The van der Waals surface area contributed by atoms with Gasteiger partial charge in [-0.05, 0) is 38.7 Å². The summed E-state index contributed by atoms with van der Waals surface area (Å²) in [6.45, 7) is 1.55. The van der Waals surface area contributed by atoms with Crippen LogP contribution in [0.4, 0.5) is 5.69 Å². The number of ketones is 2. The standard InChI is InChI=1S/C25H30N4O9/c1-8-9-5-6-10(28-11(30)7-27-2)18(31)13(9)19(32)14-12(8)20(33)16-17(29(3)4)21(34)15(24(26)37)23(36)25(16,38)22(14)35/h5-6,8,12,16-17,20,27,31-33,36,38H,7H2,1-4H3,(H2,26,37)(H,28,30)/t8-,12?,16?,17-,20?,25-/m0/s1. The van der Waals surface area contributed by atoms with E-state index in [0.29, 0.717) is 5.56 Å². The fraction of sp³-hybridized carbons (Fsp3) is 0.440. The van der Waals surface area contributed by atoms with Crippen LogP contribution < -0.4 is 16.4 Å². The Morgan fingerprint density at radius 2 is 1.79 bits per heavy atom. The van der Waals surface area contributed by atoms with E-state index in [-0.39, 0.29) is 17.8 Å². The molecule has 0 bridgehead atoms. The SMILES string of the molecule is CNCC(=O)Nc1ccc2c(c1O)C(O)=C1C(=O)[C@]3(O)C(O)=C(C(N)=O)C(=O)[C@@H](N(C)C)C3C(O)C1[C@H]2C. The number of nitrogens with two attached hydrogens (primary N) is 1. The molecule has 9 N–H and O–H groups in total. The van der Waals surface area contributed by atoms with Crippen molar-refractivity contribution in [1.82, 2.24) is 10.2 Å². The zero-order chi connectivity index (χ0) is 28.4. The molecule has 2 amide bonds. The second-order valence-corrected chi connectivity index (χ2v) is 10.1. The number of likely N-dealkylation sites (N-methyl/N-ethyl adjacent to an activating group) is 2. The third-order valence-electron chi connectivity index (χ3n) is 7.74. The van der Waals surface area contributed by atoms with Gasteiger partial charge in [-0.3, -0.25) is 24.1 Å². The van der Waals surface area contributed by atoms with Crippen molar-refractivity contribution < 1.29 is 44.7 Å². The maximum Gasteiger partial charge on any atom is 0.255 e. The number of aromatic hydroxyl groups is 1. The largest absolute Gasteiger partial charge is 0.508 e. The molecular weight excluding hydrogens is 500 g/mol. The van der Waals surface area contributed by atoms with Gasteiger partial charge in [0.2, 0.25) is 11.7 Å². The Kier molecular flexibility index (Phi) is 6.60. The van der Waals surface area contributed by atoms with Crippen LogP contribution in [0.15, 0.2) is 29.0 Å². The van der Waals surface area contributed by atoms with E-state index in [0.717, 1.165) is 0 Å². The highest BCUT2D eigenvalue weighted by Gasteiger charge is 2.68. The number of phenols is 1. The van der Waals surface area contributed by atoms with Gasteiger partial charge in [-0.25, -0.2) is 0 Å². The molecule has 1 fully saturated rings. The van der Waals surface area contributed by atoms with Gasteiger partial charge in [-0.15, -0.1) is 0 Å². The van der Waals surface area contributed by atoms with Crippen LogP contribution in [0, 0.1) is 11.8 Å². The molecule has 3 unspecified atom stereocenters. The first-order chi connectivity index (χ1) is 17.7. The predicted molar refractivity (Wildman–Crippen MR) is 133 cm³/mol. The van der Waals surface area contributed by atoms with Gasteiger partial charge in [0.15, 0.2) is 11.4 Å². The summed E-state index contributed by atoms with van der Waals surface area (Å²) in [4.78, 5) is 52.5. The number of carbonyl (C=O) groups excluding carboxylic acids is 4. The van der Waals surface area contributed by atoms with Gasteiger partial charge in [0.05, 0.1) is 35.9 Å². The highest BCUT2D eigenvalue weighted by molar-refractivity contribution is 6.24. The highest BCUT2D eigenvalue weighted by Crippen LogP contribution is 2.56. The van der Waals surface area contributed by atoms with Gasteiger partial charge in [-0.2, -0.15) is 0 Å². The lowest BCUT2D eigenvalue weighted by Gasteiger charge is -2.53. The third kappa shape index (κ3) is 3.54. The fourth-order valence-electron chi connectivity index (χ4n) is 6.07. The van der Waals surface area contributed by atoms with Crippen molar-refractivity contribution in [2.75, 3.05) is 33.0 Å². The molecule has 1 aromatic carbocycles. The van der Waals surface area contributed by atoms with Crippen LogP contribution in [-0.2, 0) is 19.2 Å². The molecule has 0 spiro atoms. The van der Waals surface area contributed by atoms with Crippen LogP contribution in [0.5, 0.6) is 5.75 Å². The summed E-state index contributed by atoms with van der Waals surface area (Å²) < 4.78 is 0. The number of aliphatic hydroxyl groups excluding tert-OH is 3. The third-order valence-corrected chi connectivity index (χ3v) is 7.74. The van der Waals surface area contributed by atoms with Crippen molar-refractivity contribution in [2.45, 2.75) is 30.6 Å². The number of hydrogen-bond acceptors (Lipinski definition) is 11. The Bertz CT molecular complexity index is 1330. The van der Waals surface area contributed by atoms with Gasteiger partial charge in [-0.1, -0.05) is 13.0 Å². The van der Waals surface area contributed by atoms with Crippen LogP contribution in [0.25, 0.3) is 5.76 Å². The number of phenolic OH excluding ortho intramolecular Hbond substituents is 1. The van der Waals surface area contributed by atoms with E-state index in [1.54, 1.807) is 14.0 Å². The Hall–Kier alpha value is -3.78.